The zero-order chi connectivity index (χ0) is 20.8. The number of aliphatic hydroxyl groups is 1. The van der Waals surface area contributed by atoms with Gasteiger partial charge >= 0.3 is 11.9 Å². The molecule has 0 saturated carbocycles. The highest BCUT2D eigenvalue weighted by Gasteiger charge is 2.28. The van der Waals surface area contributed by atoms with Gasteiger partial charge in [-0.15, -0.1) is 0 Å². The maximum absolute atomic E-state index is 12.6. The molecule has 3 rings (SSSR count). The fourth-order valence-electron chi connectivity index (χ4n) is 2.86. The molecule has 1 atom stereocenters. The normalized spacial score (nSPS) is 11.6. The molecular weight excluding hydrogens is 392 g/mol. The van der Waals surface area contributed by atoms with Crippen molar-refractivity contribution >= 4 is 23.5 Å². The highest BCUT2D eigenvalue weighted by Crippen LogP contribution is 2.28. The molecule has 148 valence electrons. The molecule has 0 aliphatic carbocycles. The lowest BCUT2D eigenvalue weighted by Gasteiger charge is -2.17. The summed E-state index contributed by atoms with van der Waals surface area (Å²) in [5.74, 6) is -1.39. The van der Waals surface area contributed by atoms with Crippen LogP contribution in [0.3, 0.4) is 0 Å². The van der Waals surface area contributed by atoms with Crippen molar-refractivity contribution in [3.8, 4) is 11.1 Å². The van der Waals surface area contributed by atoms with Crippen LogP contribution in [0, 0.1) is 0 Å². The van der Waals surface area contributed by atoms with Gasteiger partial charge in [0.15, 0.2) is 0 Å². The molecule has 0 aliphatic rings. The summed E-state index contributed by atoms with van der Waals surface area (Å²) in [5.41, 5.74) is 3.24. The van der Waals surface area contributed by atoms with E-state index >= 15 is 0 Å². The number of rotatable bonds is 6. The van der Waals surface area contributed by atoms with Crippen molar-refractivity contribution < 1.29 is 24.2 Å². The lowest BCUT2D eigenvalue weighted by molar-refractivity contribution is -0.151. The van der Waals surface area contributed by atoms with Crippen molar-refractivity contribution in [2.24, 2.45) is 0 Å². The van der Waals surface area contributed by atoms with Crippen LogP contribution in [0.5, 0.6) is 0 Å². The predicted molar refractivity (Wildman–Crippen MR) is 109 cm³/mol. The molecule has 0 aromatic heterocycles. The summed E-state index contributed by atoms with van der Waals surface area (Å²) in [4.78, 5) is 24.8. The van der Waals surface area contributed by atoms with Gasteiger partial charge in [0.2, 0.25) is 6.10 Å². The van der Waals surface area contributed by atoms with Crippen molar-refractivity contribution in [3.63, 3.8) is 0 Å². The largest absolute Gasteiger partial charge is 0.466 e. The molecule has 0 saturated heterocycles. The maximum atomic E-state index is 12.6. The molecule has 0 fully saturated rings. The first-order valence-corrected chi connectivity index (χ1v) is 9.24. The van der Waals surface area contributed by atoms with Crippen molar-refractivity contribution in [3.05, 3.63) is 94.5 Å². The van der Waals surface area contributed by atoms with Crippen molar-refractivity contribution in [1.29, 1.82) is 0 Å². The van der Waals surface area contributed by atoms with E-state index in [1.165, 1.54) is 7.11 Å². The van der Waals surface area contributed by atoms with E-state index < -0.39 is 18.0 Å². The molecule has 1 N–H and O–H groups in total. The average Bonchev–Trinajstić information content (AvgIpc) is 2.77. The molecule has 3 aromatic rings. The van der Waals surface area contributed by atoms with Crippen LogP contribution in [0.1, 0.15) is 27.6 Å². The Morgan fingerprint density at radius 3 is 2.34 bits per heavy atom. The highest BCUT2D eigenvalue weighted by molar-refractivity contribution is 6.31. The zero-order valence-electron chi connectivity index (χ0n) is 15.7. The van der Waals surface area contributed by atoms with E-state index in [0.29, 0.717) is 10.6 Å². The minimum Gasteiger partial charge on any atom is -0.466 e. The minimum absolute atomic E-state index is 0.0464. The van der Waals surface area contributed by atoms with Gasteiger partial charge in [-0.2, -0.15) is 0 Å². The molecule has 0 bridgehead atoms. The van der Waals surface area contributed by atoms with Crippen LogP contribution in [0.4, 0.5) is 0 Å². The second-order valence-corrected chi connectivity index (χ2v) is 6.67. The van der Waals surface area contributed by atoms with Crippen LogP contribution in [-0.4, -0.2) is 24.2 Å². The molecule has 0 radical (unpaired) electrons. The molecule has 0 amide bonds. The molecule has 1 unspecified atom stereocenters. The fraction of sp³-hybridized carbons (Fsp3) is 0.130. The summed E-state index contributed by atoms with van der Waals surface area (Å²) in [6.45, 7) is -0.0464. The van der Waals surface area contributed by atoms with E-state index in [0.717, 1.165) is 16.7 Å². The van der Waals surface area contributed by atoms with E-state index in [1.54, 1.807) is 48.5 Å². The Labute approximate surface area is 173 Å². The number of aliphatic hydroxyl groups excluding tert-OH is 1. The summed E-state index contributed by atoms with van der Waals surface area (Å²) in [6.07, 6.45) is -1.26. The number of esters is 2. The Balaban J connectivity index is 1.82. The number of halogens is 1. The Kier molecular flexibility index (Phi) is 6.65. The quantitative estimate of drug-likeness (QED) is 0.602. The summed E-state index contributed by atoms with van der Waals surface area (Å²) >= 11 is 6.15. The smallest absolute Gasteiger partial charge is 0.352 e. The minimum atomic E-state index is -1.26. The number of hydrogen-bond acceptors (Lipinski definition) is 5. The Bertz CT molecular complexity index is 1010. The zero-order valence-corrected chi connectivity index (χ0v) is 16.4. The first-order valence-electron chi connectivity index (χ1n) is 8.87. The number of carbonyl (C=O) groups is 2. The van der Waals surface area contributed by atoms with Gasteiger partial charge in [0.25, 0.3) is 0 Å². The molecule has 5 nitrogen and oxygen atoms in total. The summed E-state index contributed by atoms with van der Waals surface area (Å²) in [5, 5.41) is 9.58. The number of methoxy groups -OCH3 is 1. The Morgan fingerprint density at radius 1 is 0.966 bits per heavy atom. The molecule has 0 heterocycles. The van der Waals surface area contributed by atoms with Gasteiger partial charge in [-0.1, -0.05) is 60.1 Å². The predicted octanol–water partition coefficient (Wildman–Crippen LogP) is 4.57. The van der Waals surface area contributed by atoms with Gasteiger partial charge in [0, 0.05) is 10.6 Å². The topological polar surface area (TPSA) is 72.8 Å². The third-order valence-corrected chi connectivity index (χ3v) is 4.74. The maximum Gasteiger partial charge on any atom is 0.352 e. The standard InChI is InChI=1S/C23H19ClO5/c1-28-23(27)21(19-7-2-3-8-20(19)24)29-22(26)17-11-9-16(10-12-17)18-6-4-5-15(13-18)14-25/h2-13,21,25H,14H2,1H3. The third-order valence-electron chi connectivity index (χ3n) is 4.39. The van der Waals surface area contributed by atoms with Crippen LogP contribution in [0.25, 0.3) is 11.1 Å². The van der Waals surface area contributed by atoms with E-state index in [-0.39, 0.29) is 12.2 Å². The van der Waals surface area contributed by atoms with Crippen LogP contribution < -0.4 is 0 Å². The van der Waals surface area contributed by atoms with E-state index in [1.807, 2.05) is 24.3 Å². The number of carbonyl (C=O) groups excluding carboxylic acids is 2. The third kappa shape index (κ3) is 4.83. The SMILES string of the molecule is COC(=O)C(OC(=O)c1ccc(-c2cccc(CO)c2)cc1)c1ccccc1Cl. The number of benzene rings is 3. The number of ether oxygens (including phenoxy) is 2. The average molecular weight is 411 g/mol. The van der Waals surface area contributed by atoms with Crippen molar-refractivity contribution in [2.75, 3.05) is 7.11 Å². The molecule has 6 heteroatoms. The van der Waals surface area contributed by atoms with Gasteiger partial charge in [-0.25, -0.2) is 9.59 Å². The summed E-state index contributed by atoms with van der Waals surface area (Å²) in [7, 11) is 1.22. The highest BCUT2D eigenvalue weighted by atomic mass is 35.5. The van der Waals surface area contributed by atoms with Gasteiger partial charge in [0.1, 0.15) is 0 Å². The van der Waals surface area contributed by atoms with Crippen molar-refractivity contribution in [2.45, 2.75) is 12.7 Å². The Morgan fingerprint density at radius 2 is 1.69 bits per heavy atom. The van der Waals surface area contributed by atoms with Crippen LogP contribution in [-0.2, 0) is 20.9 Å². The van der Waals surface area contributed by atoms with Gasteiger partial charge < -0.3 is 14.6 Å². The fourth-order valence-corrected chi connectivity index (χ4v) is 3.09. The number of hydrogen-bond donors (Lipinski definition) is 1. The molecular formula is C23H19ClO5. The molecule has 0 spiro atoms. The molecule has 3 aromatic carbocycles. The molecule has 29 heavy (non-hydrogen) atoms. The first kappa shape index (κ1) is 20.6. The van der Waals surface area contributed by atoms with Crippen LogP contribution in [0.15, 0.2) is 72.8 Å². The van der Waals surface area contributed by atoms with Gasteiger partial charge in [0.05, 0.1) is 19.3 Å². The van der Waals surface area contributed by atoms with E-state index in [4.69, 9.17) is 21.1 Å². The first-order chi connectivity index (χ1) is 14.0. The van der Waals surface area contributed by atoms with Gasteiger partial charge in [-0.05, 0) is 41.0 Å². The van der Waals surface area contributed by atoms with Crippen molar-refractivity contribution in [1.82, 2.24) is 0 Å². The monoisotopic (exact) mass is 410 g/mol. The van der Waals surface area contributed by atoms with Crippen LogP contribution in [0.2, 0.25) is 5.02 Å². The summed E-state index contributed by atoms with van der Waals surface area (Å²) < 4.78 is 10.2. The summed E-state index contributed by atoms with van der Waals surface area (Å²) in [6, 6.07) is 20.9. The second kappa shape index (κ2) is 9.37. The van der Waals surface area contributed by atoms with E-state index in [9.17, 15) is 14.7 Å². The Hall–Kier alpha value is -3.15. The lowest BCUT2D eigenvalue weighted by atomic mass is 10.0. The van der Waals surface area contributed by atoms with Crippen LogP contribution >= 0.6 is 11.6 Å². The second-order valence-electron chi connectivity index (χ2n) is 6.27. The van der Waals surface area contributed by atoms with E-state index in [2.05, 4.69) is 0 Å². The lowest BCUT2D eigenvalue weighted by Crippen LogP contribution is -2.21. The van der Waals surface area contributed by atoms with Gasteiger partial charge in [-0.3, -0.25) is 0 Å². The molecule has 0 aliphatic heterocycles.